The van der Waals surface area contributed by atoms with Gasteiger partial charge in [-0.15, -0.1) is 0 Å². The van der Waals surface area contributed by atoms with Crippen LogP contribution in [0, 0.1) is 0 Å². The van der Waals surface area contributed by atoms with Crippen LogP contribution in [-0.2, 0) is 4.74 Å². The molecular formula is C6H6Br2O. The highest BCUT2D eigenvalue weighted by atomic mass is 79.9. The summed E-state index contributed by atoms with van der Waals surface area (Å²) in [6.07, 6.45) is 4.38. The summed E-state index contributed by atoms with van der Waals surface area (Å²) in [6.45, 7) is 0. The minimum atomic E-state index is -0.0305. The first-order valence-corrected chi connectivity index (χ1v) is 4.66. The Balaban J connectivity index is 2.22. The molecule has 1 heterocycles. The summed E-state index contributed by atoms with van der Waals surface area (Å²) in [5.74, 6) is 1.11. The van der Waals surface area contributed by atoms with Gasteiger partial charge in [0.15, 0.2) is 5.76 Å². The summed E-state index contributed by atoms with van der Waals surface area (Å²) < 4.78 is 5.25. The van der Waals surface area contributed by atoms with Crippen molar-refractivity contribution in [1.29, 1.82) is 0 Å². The van der Waals surface area contributed by atoms with E-state index in [4.69, 9.17) is 4.74 Å². The molecule has 0 bridgehead atoms. The van der Waals surface area contributed by atoms with Gasteiger partial charge in [0.2, 0.25) is 4.51 Å². The quantitative estimate of drug-likeness (QED) is 0.478. The molecule has 0 saturated carbocycles. The van der Waals surface area contributed by atoms with Crippen LogP contribution in [-0.4, -0.2) is 9.34 Å². The Hall–Kier alpha value is 0.500. The van der Waals surface area contributed by atoms with E-state index in [0.29, 0.717) is 4.83 Å². The molecule has 3 heteroatoms. The van der Waals surface area contributed by atoms with Gasteiger partial charge in [0, 0.05) is 11.2 Å². The van der Waals surface area contributed by atoms with Gasteiger partial charge in [-0.05, 0) is 28.4 Å². The van der Waals surface area contributed by atoms with Crippen LogP contribution in [0.5, 0.6) is 0 Å². The maximum atomic E-state index is 5.28. The number of rotatable bonds is 0. The Kier molecular flexibility index (Phi) is 1.21. The summed E-state index contributed by atoms with van der Waals surface area (Å²) in [7, 11) is 0. The van der Waals surface area contributed by atoms with E-state index in [9.17, 15) is 0 Å². The van der Waals surface area contributed by atoms with Gasteiger partial charge in [-0.2, -0.15) is 0 Å². The molecule has 2 atom stereocenters. The number of hydrogen-bond acceptors (Lipinski definition) is 1. The lowest BCUT2D eigenvalue weighted by molar-refractivity contribution is 0.392. The van der Waals surface area contributed by atoms with Gasteiger partial charge in [0.1, 0.15) is 0 Å². The molecule has 50 valence electrons. The zero-order valence-corrected chi connectivity index (χ0v) is 7.91. The van der Waals surface area contributed by atoms with Gasteiger partial charge in [-0.1, -0.05) is 15.9 Å². The molecule has 0 N–H and O–H groups in total. The molecule has 9 heavy (non-hydrogen) atoms. The number of fused-ring (bicyclic) bond motifs is 1. The van der Waals surface area contributed by atoms with E-state index in [1.54, 1.807) is 0 Å². The molecule has 1 aliphatic carbocycles. The number of hydrogen-bond donors (Lipinski definition) is 0. The number of epoxide rings is 1. The normalized spacial score (nSPS) is 46.9. The molecule has 1 saturated heterocycles. The Morgan fingerprint density at radius 3 is 3.11 bits per heavy atom. The van der Waals surface area contributed by atoms with Crippen molar-refractivity contribution in [2.75, 3.05) is 0 Å². The zero-order valence-electron chi connectivity index (χ0n) is 4.73. The lowest BCUT2D eigenvalue weighted by atomic mass is 10.1. The fraction of sp³-hybridized carbons (Fsp3) is 0.667. The van der Waals surface area contributed by atoms with Crippen molar-refractivity contribution in [2.45, 2.75) is 22.2 Å². The minimum absolute atomic E-state index is 0.0305. The van der Waals surface area contributed by atoms with Crippen LogP contribution in [0.15, 0.2) is 11.8 Å². The first-order valence-electron chi connectivity index (χ1n) is 2.95. The van der Waals surface area contributed by atoms with E-state index in [2.05, 4.69) is 37.9 Å². The largest absolute Gasteiger partial charge is 0.468 e. The van der Waals surface area contributed by atoms with Crippen molar-refractivity contribution < 1.29 is 4.74 Å². The zero-order chi connectivity index (χ0) is 6.48. The standard InChI is InChI=1S/C6H6Br2O/c7-4-1-2-6(8)5(3-4)9-6/h3-4H,1-2H2. The summed E-state index contributed by atoms with van der Waals surface area (Å²) in [5, 5.41) is 0. The van der Waals surface area contributed by atoms with Crippen molar-refractivity contribution in [3.05, 3.63) is 11.8 Å². The molecular weight excluding hydrogens is 248 g/mol. The third kappa shape index (κ3) is 0.944. The second kappa shape index (κ2) is 1.76. The second-order valence-electron chi connectivity index (χ2n) is 2.42. The highest BCUT2D eigenvalue weighted by Gasteiger charge is 2.52. The van der Waals surface area contributed by atoms with E-state index in [0.717, 1.165) is 18.6 Å². The SMILES string of the molecule is BrC1C=C2OC2(Br)CC1. The summed E-state index contributed by atoms with van der Waals surface area (Å²) in [6, 6.07) is 0. The summed E-state index contributed by atoms with van der Waals surface area (Å²) in [5.41, 5.74) is 0. The molecule has 0 aromatic carbocycles. The molecule has 0 amide bonds. The van der Waals surface area contributed by atoms with Crippen LogP contribution in [0.3, 0.4) is 0 Å². The number of halogens is 2. The number of allylic oxidation sites excluding steroid dienone is 1. The Bertz CT molecular complexity index is 178. The smallest absolute Gasteiger partial charge is 0.219 e. The fourth-order valence-electron chi connectivity index (χ4n) is 1.05. The molecule has 1 nitrogen and oxygen atoms in total. The van der Waals surface area contributed by atoms with Crippen molar-refractivity contribution in [1.82, 2.24) is 0 Å². The molecule has 0 aromatic heterocycles. The van der Waals surface area contributed by atoms with Crippen molar-refractivity contribution in [3.8, 4) is 0 Å². The van der Waals surface area contributed by atoms with Crippen molar-refractivity contribution in [3.63, 3.8) is 0 Å². The lowest BCUT2D eigenvalue weighted by Gasteiger charge is -2.07. The predicted octanol–water partition coefficient (Wildman–Crippen LogP) is 2.55. The van der Waals surface area contributed by atoms with Crippen LogP contribution >= 0.6 is 31.9 Å². The molecule has 2 rings (SSSR count). The van der Waals surface area contributed by atoms with E-state index >= 15 is 0 Å². The number of alkyl halides is 2. The van der Waals surface area contributed by atoms with Crippen molar-refractivity contribution in [2.24, 2.45) is 0 Å². The minimum Gasteiger partial charge on any atom is -0.468 e. The van der Waals surface area contributed by atoms with Crippen LogP contribution in [0.4, 0.5) is 0 Å². The van der Waals surface area contributed by atoms with E-state index in [1.165, 1.54) is 0 Å². The fourth-order valence-corrected chi connectivity index (χ4v) is 2.06. The third-order valence-electron chi connectivity index (χ3n) is 1.67. The van der Waals surface area contributed by atoms with Crippen LogP contribution in [0.1, 0.15) is 12.8 Å². The Morgan fingerprint density at radius 1 is 1.78 bits per heavy atom. The molecule has 2 unspecified atom stereocenters. The molecule has 1 fully saturated rings. The average molecular weight is 254 g/mol. The van der Waals surface area contributed by atoms with E-state index in [1.807, 2.05) is 0 Å². The second-order valence-corrected chi connectivity index (χ2v) is 4.87. The summed E-state index contributed by atoms with van der Waals surface area (Å²) >= 11 is 6.98. The van der Waals surface area contributed by atoms with Gasteiger partial charge in [0.05, 0.1) is 0 Å². The maximum absolute atomic E-state index is 5.28. The number of ether oxygens (including phenoxy) is 1. The van der Waals surface area contributed by atoms with E-state index in [-0.39, 0.29) is 4.51 Å². The molecule has 1 aliphatic heterocycles. The van der Waals surface area contributed by atoms with Gasteiger partial charge in [0.25, 0.3) is 0 Å². The van der Waals surface area contributed by atoms with Gasteiger partial charge >= 0.3 is 0 Å². The van der Waals surface area contributed by atoms with Crippen LogP contribution in [0.25, 0.3) is 0 Å². The highest BCUT2D eigenvalue weighted by molar-refractivity contribution is 9.10. The molecule has 0 aromatic rings. The lowest BCUT2D eigenvalue weighted by Crippen LogP contribution is -2.07. The summed E-state index contributed by atoms with van der Waals surface area (Å²) in [4.78, 5) is 0.528. The van der Waals surface area contributed by atoms with Gasteiger partial charge in [-0.25, -0.2) is 0 Å². The van der Waals surface area contributed by atoms with Crippen LogP contribution < -0.4 is 0 Å². The van der Waals surface area contributed by atoms with Gasteiger partial charge < -0.3 is 4.74 Å². The monoisotopic (exact) mass is 252 g/mol. The van der Waals surface area contributed by atoms with Crippen molar-refractivity contribution >= 4 is 31.9 Å². The topological polar surface area (TPSA) is 12.5 Å². The average Bonchev–Trinajstić information content (AvgIpc) is 2.41. The van der Waals surface area contributed by atoms with Gasteiger partial charge in [-0.3, -0.25) is 0 Å². The first-order chi connectivity index (χ1) is 4.21. The highest BCUT2D eigenvalue weighted by Crippen LogP contribution is 2.53. The first kappa shape index (κ1) is 6.23. The van der Waals surface area contributed by atoms with E-state index < -0.39 is 0 Å². The Morgan fingerprint density at radius 2 is 2.56 bits per heavy atom. The Labute approximate surface area is 70.7 Å². The van der Waals surface area contributed by atoms with Crippen LogP contribution in [0.2, 0.25) is 0 Å². The molecule has 2 aliphatic rings. The predicted molar refractivity (Wildman–Crippen MR) is 42.8 cm³/mol. The maximum Gasteiger partial charge on any atom is 0.219 e. The third-order valence-corrected chi connectivity index (χ3v) is 3.34. The molecule has 0 radical (unpaired) electrons. The molecule has 0 spiro atoms.